The SMILES string of the molecule is CC(OC(=O)/C=C/C(=O)OC(C)(c1ccccc1)C(N)c1cccc([N+](=O)[O-])c1)(c1ccccc1)C(N)c1cccc([N+](=O)[O-])c1. The fraction of sp³-hybridized carbons (Fsp3) is 0.176. The van der Waals surface area contributed by atoms with Gasteiger partial charge in [0.1, 0.15) is 0 Å². The molecule has 0 aliphatic heterocycles. The molecule has 12 nitrogen and oxygen atoms in total. The molecule has 4 rings (SSSR count). The monoisotopic (exact) mass is 624 g/mol. The van der Waals surface area contributed by atoms with Gasteiger partial charge in [-0.15, -0.1) is 0 Å². The number of nitrogens with two attached hydrogens (primary N) is 2. The van der Waals surface area contributed by atoms with Gasteiger partial charge in [0.2, 0.25) is 0 Å². The van der Waals surface area contributed by atoms with Crippen molar-refractivity contribution in [1.82, 2.24) is 0 Å². The van der Waals surface area contributed by atoms with Crippen LogP contribution in [0.4, 0.5) is 11.4 Å². The smallest absolute Gasteiger partial charge is 0.331 e. The second-order valence-electron chi connectivity index (χ2n) is 10.8. The summed E-state index contributed by atoms with van der Waals surface area (Å²) >= 11 is 0. The predicted octanol–water partition coefficient (Wildman–Crippen LogP) is 5.68. The van der Waals surface area contributed by atoms with Crippen LogP contribution in [0.1, 0.15) is 48.2 Å². The second-order valence-corrected chi connectivity index (χ2v) is 10.8. The molecule has 0 heterocycles. The molecule has 46 heavy (non-hydrogen) atoms. The summed E-state index contributed by atoms with van der Waals surface area (Å²) in [6, 6.07) is 26.6. The van der Waals surface area contributed by atoms with Gasteiger partial charge in [0.25, 0.3) is 11.4 Å². The minimum atomic E-state index is -1.51. The maximum Gasteiger partial charge on any atom is 0.331 e. The molecule has 0 aliphatic rings. The zero-order chi connectivity index (χ0) is 33.5. The van der Waals surface area contributed by atoms with Crippen LogP contribution in [0.25, 0.3) is 0 Å². The lowest BCUT2D eigenvalue weighted by molar-refractivity contribution is -0.385. The fourth-order valence-corrected chi connectivity index (χ4v) is 5.06. The molecule has 0 aromatic heterocycles. The van der Waals surface area contributed by atoms with Crippen molar-refractivity contribution in [3.05, 3.63) is 164 Å². The summed E-state index contributed by atoms with van der Waals surface area (Å²) in [5, 5.41) is 22.7. The molecule has 4 unspecified atom stereocenters. The van der Waals surface area contributed by atoms with Gasteiger partial charge in [-0.2, -0.15) is 0 Å². The molecule has 12 heteroatoms. The third-order valence-corrected chi connectivity index (χ3v) is 7.74. The van der Waals surface area contributed by atoms with Gasteiger partial charge in [0, 0.05) is 36.4 Å². The number of nitrogens with zero attached hydrogens (tertiary/aromatic N) is 2. The molecule has 0 aliphatic carbocycles. The molecule has 0 radical (unpaired) electrons. The minimum Gasteiger partial charge on any atom is -0.449 e. The van der Waals surface area contributed by atoms with Gasteiger partial charge in [-0.25, -0.2) is 9.59 Å². The van der Waals surface area contributed by atoms with E-state index in [2.05, 4.69) is 0 Å². The predicted molar refractivity (Wildman–Crippen MR) is 169 cm³/mol. The average Bonchev–Trinajstić information content (AvgIpc) is 3.07. The fourth-order valence-electron chi connectivity index (χ4n) is 5.06. The van der Waals surface area contributed by atoms with Crippen LogP contribution in [0.15, 0.2) is 121 Å². The first-order valence-corrected chi connectivity index (χ1v) is 14.1. The zero-order valence-electron chi connectivity index (χ0n) is 25.0. The number of benzene rings is 4. The van der Waals surface area contributed by atoms with E-state index < -0.39 is 45.1 Å². The second kappa shape index (κ2) is 13.9. The average molecular weight is 625 g/mol. The number of hydrogen-bond donors (Lipinski definition) is 2. The topological polar surface area (TPSA) is 191 Å². The van der Waals surface area contributed by atoms with E-state index in [1.165, 1.54) is 36.4 Å². The Bertz CT molecular complexity index is 1640. The molecule has 4 aromatic carbocycles. The van der Waals surface area contributed by atoms with Crippen molar-refractivity contribution in [3.8, 4) is 0 Å². The Morgan fingerprint density at radius 2 is 0.978 bits per heavy atom. The van der Waals surface area contributed by atoms with Gasteiger partial charge < -0.3 is 20.9 Å². The first-order chi connectivity index (χ1) is 21.8. The zero-order valence-corrected chi connectivity index (χ0v) is 25.0. The third-order valence-electron chi connectivity index (χ3n) is 7.74. The number of non-ortho nitro benzene ring substituents is 2. The van der Waals surface area contributed by atoms with E-state index >= 15 is 0 Å². The largest absolute Gasteiger partial charge is 0.449 e. The molecule has 0 fully saturated rings. The number of nitro benzene ring substituents is 2. The highest BCUT2D eigenvalue weighted by molar-refractivity contribution is 5.92. The van der Waals surface area contributed by atoms with E-state index in [1.807, 2.05) is 0 Å². The molecule has 4 atom stereocenters. The maximum atomic E-state index is 13.2. The molecule has 0 amide bonds. The highest BCUT2D eigenvalue weighted by atomic mass is 16.6. The first-order valence-electron chi connectivity index (χ1n) is 14.1. The standard InChI is InChI=1S/C34H32N4O8/c1-33(25-13-5-3-6-14-25,31(35)23-11-9-17-27(21-23)37(41)42)45-29(39)19-20-30(40)46-34(2,26-15-7-4-8-16-26)32(36)24-12-10-18-28(22-24)38(43)44/h3-22,31-32H,35-36H2,1-2H3/b20-19+. The van der Waals surface area contributed by atoms with Crippen molar-refractivity contribution in [1.29, 1.82) is 0 Å². The van der Waals surface area contributed by atoms with Crippen LogP contribution in [-0.4, -0.2) is 21.8 Å². The summed E-state index contributed by atoms with van der Waals surface area (Å²) in [6.07, 6.45) is 1.77. The van der Waals surface area contributed by atoms with E-state index in [9.17, 15) is 29.8 Å². The Morgan fingerprint density at radius 1 is 0.630 bits per heavy atom. The highest BCUT2D eigenvalue weighted by Crippen LogP contribution is 2.39. The number of rotatable bonds is 12. The molecular formula is C34H32N4O8. The minimum absolute atomic E-state index is 0.179. The molecular weight excluding hydrogens is 592 g/mol. The Balaban J connectivity index is 1.60. The Kier molecular flexibility index (Phi) is 10.0. The van der Waals surface area contributed by atoms with E-state index in [4.69, 9.17) is 20.9 Å². The lowest BCUT2D eigenvalue weighted by Gasteiger charge is -2.36. The van der Waals surface area contributed by atoms with Gasteiger partial charge in [-0.1, -0.05) is 84.9 Å². The summed E-state index contributed by atoms with van der Waals surface area (Å²) in [7, 11) is 0. The highest BCUT2D eigenvalue weighted by Gasteiger charge is 2.40. The van der Waals surface area contributed by atoms with Crippen LogP contribution in [0.2, 0.25) is 0 Å². The van der Waals surface area contributed by atoms with E-state index in [0.717, 1.165) is 12.2 Å². The first kappa shape index (κ1) is 33.2. The molecule has 0 bridgehead atoms. The van der Waals surface area contributed by atoms with Gasteiger partial charge >= 0.3 is 11.9 Å². The van der Waals surface area contributed by atoms with E-state index in [-0.39, 0.29) is 11.4 Å². The molecule has 236 valence electrons. The normalized spacial score (nSPS) is 15.1. The van der Waals surface area contributed by atoms with Crippen LogP contribution in [-0.2, 0) is 30.3 Å². The van der Waals surface area contributed by atoms with Crippen molar-refractivity contribution >= 4 is 23.3 Å². The number of esters is 2. The summed E-state index contributed by atoms with van der Waals surface area (Å²) in [5.41, 5.74) is 11.5. The van der Waals surface area contributed by atoms with Gasteiger partial charge in [0.15, 0.2) is 11.2 Å². The van der Waals surface area contributed by atoms with Crippen molar-refractivity contribution in [3.63, 3.8) is 0 Å². The van der Waals surface area contributed by atoms with Gasteiger partial charge in [-0.05, 0) is 36.1 Å². The summed E-state index contributed by atoms with van der Waals surface area (Å²) in [4.78, 5) is 48.0. The number of nitro groups is 2. The number of carbonyl (C=O) groups is 2. The summed E-state index contributed by atoms with van der Waals surface area (Å²) in [6.45, 7) is 3.14. The quantitative estimate of drug-likeness (QED) is 0.0858. The molecule has 4 N–H and O–H groups in total. The summed E-state index contributed by atoms with van der Waals surface area (Å²) < 4.78 is 11.7. The number of hydrogen-bond acceptors (Lipinski definition) is 10. The van der Waals surface area contributed by atoms with Crippen molar-refractivity contribution < 1.29 is 28.9 Å². The van der Waals surface area contributed by atoms with Crippen LogP contribution in [0.5, 0.6) is 0 Å². The van der Waals surface area contributed by atoms with Gasteiger partial charge in [-0.3, -0.25) is 20.2 Å². The lowest BCUT2D eigenvalue weighted by atomic mass is 9.84. The number of carbonyl (C=O) groups excluding carboxylic acids is 2. The molecule has 0 saturated carbocycles. The Labute approximate surface area is 264 Å². The van der Waals surface area contributed by atoms with E-state index in [1.54, 1.807) is 86.6 Å². The van der Waals surface area contributed by atoms with Gasteiger partial charge in [0.05, 0.1) is 21.9 Å². The lowest BCUT2D eigenvalue weighted by Crippen LogP contribution is -2.40. The van der Waals surface area contributed by atoms with Crippen LogP contribution < -0.4 is 11.5 Å². The van der Waals surface area contributed by atoms with Crippen LogP contribution in [0.3, 0.4) is 0 Å². The third kappa shape index (κ3) is 7.32. The van der Waals surface area contributed by atoms with Crippen molar-refractivity contribution in [2.24, 2.45) is 11.5 Å². The van der Waals surface area contributed by atoms with Crippen LogP contribution >= 0.6 is 0 Å². The number of ether oxygens (including phenoxy) is 2. The summed E-state index contributed by atoms with van der Waals surface area (Å²) in [5.74, 6) is -1.87. The van der Waals surface area contributed by atoms with Crippen molar-refractivity contribution in [2.75, 3.05) is 0 Å². The molecule has 0 saturated heterocycles. The molecule has 4 aromatic rings. The maximum absolute atomic E-state index is 13.2. The van der Waals surface area contributed by atoms with Crippen LogP contribution in [0, 0.1) is 20.2 Å². The Morgan fingerprint density at radius 3 is 1.30 bits per heavy atom. The molecule has 0 spiro atoms. The Hall–Kier alpha value is -5.72. The van der Waals surface area contributed by atoms with E-state index in [0.29, 0.717) is 22.3 Å². The van der Waals surface area contributed by atoms with Crippen molar-refractivity contribution in [2.45, 2.75) is 37.1 Å².